The molecule has 0 aliphatic heterocycles. The monoisotopic (exact) mass is 284 g/mol. The van der Waals surface area contributed by atoms with E-state index in [0.717, 1.165) is 0 Å². The molecule has 0 aliphatic carbocycles. The second-order valence-electron chi connectivity index (χ2n) is 2.73. The van der Waals surface area contributed by atoms with Gasteiger partial charge in [0.05, 0.1) is 4.47 Å². The van der Waals surface area contributed by atoms with Crippen molar-refractivity contribution in [3.05, 3.63) is 46.3 Å². The molecule has 0 unspecified atom stereocenters. The highest BCUT2D eigenvalue weighted by molar-refractivity contribution is 9.10. The molecule has 15 heavy (non-hydrogen) atoms. The molecule has 2 rings (SSSR count). The molecule has 5 heteroatoms. The quantitative estimate of drug-likeness (QED) is 0.844. The summed E-state index contributed by atoms with van der Waals surface area (Å²) < 4.78 is 6.22. The highest BCUT2D eigenvalue weighted by atomic mass is 79.9. The minimum atomic E-state index is 0.479. The lowest BCUT2D eigenvalue weighted by molar-refractivity contribution is 0.458. The van der Waals surface area contributed by atoms with Gasteiger partial charge in [-0.1, -0.05) is 11.6 Å². The van der Waals surface area contributed by atoms with Crippen LogP contribution >= 0.6 is 27.5 Å². The number of nitrogens with zero attached hydrogens (tertiary/aromatic N) is 2. The Balaban J connectivity index is 2.22. The Bertz CT molecular complexity index is 461. The van der Waals surface area contributed by atoms with Crippen LogP contribution in [-0.2, 0) is 0 Å². The van der Waals surface area contributed by atoms with Crippen LogP contribution in [0.1, 0.15) is 0 Å². The van der Waals surface area contributed by atoms with Crippen LogP contribution in [0, 0.1) is 0 Å². The maximum Gasteiger partial charge on any atom is 0.236 e. The Hall–Kier alpha value is -1.13. The van der Waals surface area contributed by atoms with E-state index in [1.807, 2.05) is 0 Å². The van der Waals surface area contributed by atoms with Gasteiger partial charge in [0, 0.05) is 11.2 Å². The van der Waals surface area contributed by atoms with Crippen LogP contribution < -0.4 is 4.74 Å². The highest BCUT2D eigenvalue weighted by Crippen LogP contribution is 2.26. The summed E-state index contributed by atoms with van der Waals surface area (Å²) in [5.74, 6) is 1.16. The first-order valence-electron chi connectivity index (χ1n) is 4.14. The molecule has 0 bridgehead atoms. The van der Waals surface area contributed by atoms with Crippen molar-refractivity contribution in [1.29, 1.82) is 0 Å². The van der Waals surface area contributed by atoms with Crippen LogP contribution in [0.5, 0.6) is 11.6 Å². The van der Waals surface area contributed by atoms with Crippen molar-refractivity contribution in [2.45, 2.75) is 0 Å². The Morgan fingerprint density at radius 3 is 2.60 bits per heavy atom. The van der Waals surface area contributed by atoms with E-state index >= 15 is 0 Å². The molecule has 0 radical (unpaired) electrons. The third kappa shape index (κ3) is 2.67. The first kappa shape index (κ1) is 10.4. The summed E-state index contributed by atoms with van der Waals surface area (Å²) in [4.78, 5) is 7.82. The van der Waals surface area contributed by atoms with Gasteiger partial charge in [-0.05, 0) is 40.2 Å². The second-order valence-corrected chi connectivity index (χ2v) is 4.02. The standard InChI is InChI=1S/C10H6BrClN2O/c11-9-5-13-6-14-10(9)15-8-3-1-7(12)2-4-8/h1-6H. The molecule has 1 aromatic carbocycles. The molecule has 0 N–H and O–H groups in total. The van der Waals surface area contributed by atoms with E-state index in [1.165, 1.54) is 6.33 Å². The summed E-state index contributed by atoms with van der Waals surface area (Å²) in [6.07, 6.45) is 3.05. The number of aromatic nitrogens is 2. The van der Waals surface area contributed by atoms with Gasteiger partial charge in [-0.15, -0.1) is 0 Å². The minimum absolute atomic E-state index is 0.479. The van der Waals surface area contributed by atoms with Crippen molar-refractivity contribution < 1.29 is 4.74 Å². The van der Waals surface area contributed by atoms with Gasteiger partial charge in [0.15, 0.2) is 0 Å². The third-order valence-corrected chi connectivity index (χ3v) is 2.46. The fourth-order valence-corrected chi connectivity index (χ4v) is 1.42. The van der Waals surface area contributed by atoms with Gasteiger partial charge in [0.1, 0.15) is 12.1 Å². The molecule has 1 heterocycles. The van der Waals surface area contributed by atoms with Crippen molar-refractivity contribution in [3.8, 4) is 11.6 Å². The SMILES string of the molecule is Clc1ccc(Oc2ncncc2Br)cc1. The average molecular weight is 286 g/mol. The molecule has 0 spiro atoms. The smallest absolute Gasteiger partial charge is 0.236 e. The van der Waals surface area contributed by atoms with E-state index in [4.69, 9.17) is 16.3 Å². The number of ether oxygens (including phenoxy) is 1. The predicted octanol–water partition coefficient (Wildman–Crippen LogP) is 3.68. The Labute approximate surface area is 100 Å². The first-order valence-corrected chi connectivity index (χ1v) is 5.32. The molecular formula is C10H6BrClN2O. The van der Waals surface area contributed by atoms with Crippen LogP contribution in [0.2, 0.25) is 5.02 Å². The van der Waals surface area contributed by atoms with Crippen molar-refractivity contribution in [2.75, 3.05) is 0 Å². The number of benzene rings is 1. The second kappa shape index (κ2) is 4.59. The molecule has 2 aromatic rings. The van der Waals surface area contributed by atoms with Gasteiger partial charge in [-0.3, -0.25) is 0 Å². The lowest BCUT2D eigenvalue weighted by Gasteiger charge is -2.05. The maximum absolute atomic E-state index is 5.76. The molecule has 0 saturated carbocycles. The highest BCUT2D eigenvalue weighted by Gasteiger charge is 2.03. The zero-order valence-corrected chi connectivity index (χ0v) is 9.86. The van der Waals surface area contributed by atoms with Crippen LogP contribution in [-0.4, -0.2) is 9.97 Å². The van der Waals surface area contributed by atoms with Crippen molar-refractivity contribution in [1.82, 2.24) is 9.97 Å². The van der Waals surface area contributed by atoms with Crippen molar-refractivity contribution in [3.63, 3.8) is 0 Å². The van der Waals surface area contributed by atoms with Gasteiger partial charge < -0.3 is 4.74 Å². The molecular weight excluding hydrogens is 279 g/mol. The average Bonchev–Trinajstić information content (AvgIpc) is 2.25. The zero-order chi connectivity index (χ0) is 10.7. The van der Waals surface area contributed by atoms with Crippen LogP contribution in [0.3, 0.4) is 0 Å². The largest absolute Gasteiger partial charge is 0.438 e. The van der Waals surface area contributed by atoms with E-state index in [1.54, 1.807) is 30.5 Å². The van der Waals surface area contributed by atoms with Gasteiger partial charge in [-0.25, -0.2) is 9.97 Å². The summed E-state index contributed by atoms with van der Waals surface area (Å²) in [5, 5.41) is 0.670. The lowest BCUT2D eigenvalue weighted by atomic mass is 10.3. The van der Waals surface area contributed by atoms with Crippen molar-refractivity contribution in [2.24, 2.45) is 0 Å². The zero-order valence-electron chi connectivity index (χ0n) is 7.52. The summed E-state index contributed by atoms with van der Waals surface area (Å²) in [7, 11) is 0. The van der Waals surface area contributed by atoms with Crippen LogP contribution in [0.4, 0.5) is 0 Å². The Kier molecular flexibility index (Phi) is 3.18. The van der Waals surface area contributed by atoms with Gasteiger partial charge in [0.25, 0.3) is 0 Å². The number of rotatable bonds is 2. The van der Waals surface area contributed by atoms with E-state index in [2.05, 4.69) is 25.9 Å². The van der Waals surface area contributed by atoms with Crippen molar-refractivity contribution >= 4 is 27.5 Å². The molecule has 0 saturated heterocycles. The van der Waals surface area contributed by atoms with E-state index in [9.17, 15) is 0 Å². The molecule has 3 nitrogen and oxygen atoms in total. The minimum Gasteiger partial charge on any atom is -0.438 e. The van der Waals surface area contributed by atoms with E-state index in [-0.39, 0.29) is 0 Å². The van der Waals surface area contributed by atoms with Crippen LogP contribution in [0.25, 0.3) is 0 Å². The fourth-order valence-electron chi connectivity index (χ4n) is 0.991. The van der Waals surface area contributed by atoms with E-state index < -0.39 is 0 Å². The number of hydrogen-bond acceptors (Lipinski definition) is 3. The fraction of sp³-hybridized carbons (Fsp3) is 0. The Morgan fingerprint density at radius 1 is 1.20 bits per heavy atom. The third-order valence-electron chi connectivity index (χ3n) is 1.66. The molecule has 76 valence electrons. The summed E-state index contributed by atoms with van der Waals surface area (Å²) in [6, 6.07) is 7.06. The van der Waals surface area contributed by atoms with Crippen LogP contribution in [0.15, 0.2) is 41.3 Å². The van der Waals surface area contributed by atoms with Gasteiger partial charge >= 0.3 is 0 Å². The summed E-state index contributed by atoms with van der Waals surface area (Å²) >= 11 is 9.05. The molecule has 0 aliphatic rings. The van der Waals surface area contributed by atoms with Gasteiger partial charge in [0.2, 0.25) is 5.88 Å². The molecule has 0 fully saturated rings. The lowest BCUT2D eigenvalue weighted by Crippen LogP contribution is -1.89. The maximum atomic E-state index is 5.76. The summed E-state index contributed by atoms with van der Waals surface area (Å²) in [5.41, 5.74) is 0. The normalized spacial score (nSPS) is 10.0. The van der Waals surface area contributed by atoms with E-state index in [0.29, 0.717) is 21.1 Å². The number of hydrogen-bond donors (Lipinski definition) is 0. The predicted molar refractivity (Wildman–Crippen MR) is 61.3 cm³/mol. The Morgan fingerprint density at radius 2 is 1.93 bits per heavy atom. The molecule has 0 atom stereocenters. The first-order chi connectivity index (χ1) is 7.25. The van der Waals surface area contributed by atoms with Gasteiger partial charge in [-0.2, -0.15) is 0 Å². The topological polar surface area (TPSA) is 35.0 Å². The molecule has 0 amide bonds. The summed E-state index contributed by atoms with van der Waals surface area (Å²) in [6.45, 7) is 0. The molecule has 1 aromatic heterocycles. The number of halogens is 2.